The van der Waals surface area contributed by atoms with E-state index in [1.54, 1.807) is 28.8 Å². The Balaban J connectivity index is 2.16. The summed E-state index contributed by atoms with van der Waals surface area (Å²) in [5, 5.41) is 4.57. The molecular weight excluding hydrogens is 302 g/mol. The Morgan fingerprint density at radius 1 is 1.23 bits per heavy atom. The molecule has 1 aliphatic heterocycles. The van der Waals surface area contributed by atoms with Gasteiger partial charge in [0.2, 0.25) is 10.0 Å². The highest BCUT2D eigenvalue weighted by atomic mass is 32.2. The van der Waals surface area contributed by atoms with E-state index in [9.17, 15) is 8.42 Å². The van der Waals surface area contributed by atoms with Crippen molar-refractivity contribution in [1.29, 1.82) is 0 Å². The molecule has 0 atom stereocenters. The van der Waals surface area contributed by atoms with E-state index >= 15 is 0 Å². The topological polar surface area (TPSA) is 71.5 Å². The molecule has 1 N–H and O–H groups in total. The molecule has 6 nitrogen and oxygen atoms in total. The molecule has 0 spiro atoms. The van der Waals surface area contributed by atoms with E-state index in [0.29, 0.717) is 30.8 Å². The van der Waals surface area contributed by atoms with Crippen molar-refractivity contribution in [2.24, 2.45) is 0 Å². The maximum atomic E-state index is 13.0. The zero-order valence-corrected chi connectivity index (χ0v) is 13.3. The number of pyridine rings is 1. The van der Waals surface area contributed by atoms with Crippen molar-refractivity contribution in [2.75, 3.05) is 33.3 Å². The van der Waals surface area contributed by atoms with E-state index in [1.165, 1.54) is 7.11 Å². The molecule has 1 aliphatic rings. The molecule has 7 heteroatoms. The molecule has 0 bridgehead atoms. The summed E-state index contributed by atoms with van der Waals surface area (Å²) < 4.78 is 32.9. The Labute approximate surface area is 130 Å². The summed E-state index contributed by atoms with van der Waals surface area (Å²) in [5.41, 5.74) is 0. The highest BCUT2D eigenvalue weighted by Crippen LogP contribution is 2.32. The normalized spacial score (nSPS) is 17.3. The lowest BCUT2D eigenvalue weighted by Gasteiger charge is -2.21. The molecule has 0 radical (unpaired) electrons. The summed E-state index contributed by atoms with van der Waals surface area (Å²) in [5.74, 6) is 0.477. The predicted molar refractivity (Wildman–Crippen MR) is 84.5 cm³/mol. The summed E-state index contributed by atoms with van der Waals surface area (Å²) in [6.07, 6.45) is 4.01. The number of methoxy groups -OCH3 is 1. The number of ether oxygens (including phenoxy) is 1. The van der Waals surface area contributed by atoms with Crippen molar-refractivity contribution in [1.82, 2.24) is 14.6 Å². The summed E-state index contributed by atoms with van der Waals surface area (Å²) >= 11 is 0. The molecule has 22 heavy (non-hydrogen) atoms. The van der Waals surface area contributed by atoms with Crippen LogP contribution in [0.5, 0.6) is 5.75 Å². The van der Waals surface area contributed by atoms with Gasteiger partial charge < -0.3 is 10.1 Å². The number of hydrogen-bond donors (Lipinski definition) is 1. The molecule has 0 amide bonds. The van der Waals surface area contributed by atoms with Gasteiger partial charge in [-0.05, 0) is 19.0 Å². The highest BCUT2D eigenvalue weighted by Gasteiger charge is 2.27. The van der Waals surface area contributed by atoms with Gasteiger partial charge in [0.05, 0.1) is 18.2 Å². The zero-order chi connectivity index (χ0) is 15.6. The molecular formula is C15H19N3O3S. The van der Waals surface area contributed by atoms with Crippen LogP contribution < -0.4 is 10.1 Å². The number of nitrogens with zero attached hydrogens (tertiary/aromatic N) is 2. The van der Waals surface area contributed by atoms with Crippen LogP contribution >= 0.6 is 0 Å². The lowest BCUT2D eigenvalue weighted by Crippen LogP contribution is -2.34. The molecule has 1 fully saturated rings. The van der Waals surface area contributed by atoms with Crippen LogP contribution in [0.3, 0.4) is 0 Å². The predicted octanol–water partition coefficient (Wildman–Crippen LogP) is 1.23. The van der Waals surface area contributed by atoms with Crippen LogP contribution in [0.25, 0.3) is 10.8 Å². The monoisotopic (exact) mass is 321 g/mol. The van der Waals surface area contributed by atoms with Crippen molar-refractivity contribution in [2.45, 2.75) is 11.3 Å². The molecule has 2 heterocycles. The van der Waals surface area contributed by atoms with E-state index in [-0.39, 0.29) is 4.90 Å². The maximum Gasteiger partial charge on any atom is 0.243 e. The summed E-state index contributed by atoms with van der Waals surface area (Å²) in [6, 6.07) is 5.22. The van der Waals surface area contributed by atoms with Crippen LogP contribution in [-0.4, -0.2) is 51.0 Å². The molecule has 1 aromatic carbocycles. The Morgan fingerprint density at radius 3 is 2.91 bits per heavy atom. The van der Waals surface area contributed by atoms with Gasteiger partial charge in [-0.2, -0.15) is 4.31 Å². The van der Waals surface area contributed by atoms with Gasteiger partial charge in [-0.25, -0.2) is 8.42 Å². The molecule has 2 aromatic rings. The number of hydrogen-bond acceptors (Lipinski definition) is 5. The SMILES string of the molecule is COc1cncc2cccc(S(=O)(=O)N3CCCNCC3)c12. The number of benzene rings is 1. The van der Waals surface area contributed by atoms with Crippen molar-refractivity contribution in [3.05, 3.63) is 30.6 Å². The van der Waals surface area contributed by atoms with Crippen LogP contribution in [0.2, 0.25) is 0 Å². The lowest BCUT2D eigenvalue weighted by molar-refractivity contribution is 0.416. The van der Waals surface area contributed by atoms with Crippen LogP contribution in [0.4, 0.5) is 0 Å². The molecule has 1 saturated heterocycles. The number of aromatic nitrogens is 1. The number of sulfonamides is 1. The van der Waals surface area contributed by atoms with Crippen LogP contribution in [0.1, 0.15) is 6.42 Å². The minimum Gasteiger partial charge on any atom is -0.494 e. The van der Waals surface area contributed by atoms with Crippen LogP contribution in [-0.2, 0) is 10.0 Å². The van der Waals surface area contributed by atoms with Gasteiger partial charge in [-0.15, -0.1) is 0 Å². The number of nitrogens with one attached hydrogen (secondary N) is 1. The van der Waals surface area contributed by atoms with E-state index in [4.69, 9.17) is 4.74 Å². The Morgan fingerprint density at radius 2 is 2.09 bits per heavy atom. The minimum atomic E-state index is -3.56. The second-order valence-electron chi connectivity index (χ2n) is 5.20. The first-order valence-corrected chi connectivity index (χ1v) is 8.70. The largest absolute Gasteiger partial charge is 0.494 e. The fraction of sp³-hybridized carbons (Fsp3) is 0.400. The highest BCUT2D eigenvalue weighted by molar-refractivity contribution is 7.89. The number of fused-ring (bicyclic) bond motifs is 1. The second kappa shape index (κ2) is 6.20. The standard InChI is InChI=1S/C15H19N3O3S/c1-21-13-11-17-10-12-4-2-5-14(15(12)13)22(19,20)18-8-3-6-16-7-9-18/h2,4-5,10-11,16H,3,6-9H2,1H3. The molecule has 0 unspecified atom stereocenters. The number of rotatable bonds is 3. The van der Waals surface area contributed by atoms with Crippen molar-refractivity contribution >= 4 is 20.8 Å². The average Bonchev–Trinajstić information content (AvgIpc) is 2.83. The van der Waals surface area contributed by atoms with Crippen molar-refractivity contribution < 1.29 is 13.2 Å². The molecule has 1 aromatic heterocycles. The second-order valence-corrected chi connectivity index (χ2v) is 7.11. The van der Waals surface area contributed by atoms with Gasteiger partial charge in [0.25, 0.3) is 0 Å². The minimum absolute atomic E-state index is 0.283. The average molecular weight is 321 g/mol. The van der Waals surface area contributed by atoms with E-state index < -0.39 is 10.0 Å². The molecule has 3 rings (SSSR count). The third kappa shape index (κ3) is 2.67. The van der Waals surface area contributed by atoms with Gasteiger partial charge in [-0.3, -0.25) is 4.98 Å². The Kier molecular flexibility index (Phi) is 4.28. The fourth-order valence-electron chi connectivity index (χ4n) is 2.74. The van der Waals surface area contributed by atoms with Gasteiger partial charge in [0, 0.05) is 36.6 Å². The van der Waals surface area contributed by atoms with E-state index in [2.05, 4.69) is 10.3 Å². The third-order valence-corrected chi connectivity index (χ3v) is 5.79. The fourth-order valence-corrected chi connectivity index (χ4v) is 4.45. The third-order valence-electron chi connectivity index (χ3n) is 3.85. The summed E-state index contributed by atoms with van der Waals surface area (Å²) in [4.78, 5) is 4.37. The van der Waals surface area contributed by atoms with Gasteiger partial charge in [0.15, 0.2) is 0 Å². The first kappa shape index (κ1) is 15.2. The first-order chi connectivity index (χ1) is 10.6. The van der Waals surface area contributed by atoms with Gasteiger partial charge >= 0.3 is 0 Å². The quantitative estimate of drug-likeness (QED) is 0.920. The lowest BCUT2D eigenvalue weighted by atomic mass is 10.2. The molecule has 118 valence electrons. The first-order valence-electron chi connectivity index (χ1n) is 7.26. The smallest absolute Gasteiger partial charge is 0.243 e. The zero-order valence-electron chi connectivity index (χ0n) is 12.4. The summed E-state index contributed by atoms with van der Waals surface area (Å²) in [6.45, 7) is 2.52. The molecule has 0 aliphatic carbocycles. The Bertz CT molecular complexity index is 763. The van der Waals surface area contributed by atoms with E-state index in [1.807, 2.05) is 6.07 Å². The van der Waals surface area contributed by atoms with E-state index in [0.717, 1.165) is 18.4 Å². The maximum absolute atomic E-state index is 13.0. The molecule has 0 saturated carbocycles. The Hall–Kier alpha value is -1.70. The van der Waals surface area contributed by atoms with Crippen molar-refractivity contribution in [3.63, 3.8) is 0 Å². The summed E-state index contributed by atoms with van der Waals surface area (Å²) in [7, 11) is -2.04. The van der Waals surface area contributed by atoms with Crippen LogP contribution in [0, 0.1) is 0 Å². The van der Waals surface area contributed by atoms with Crippen molar-refractivity contribution in [3.8, 4) is 5.75 Å². The van der Waals surface area contributed by atoms with Crippen LogP contribution in [0.15, 0.2) is 35.5 Å². The van der Waals surface area contributed by atoms with Gasteiger partial charge in [-0.1, -0.05) is 12.1 Å². The van der Waals surface area contributed by atoms with Gasteiger partial charge in [0.1, 0.15) is 5.75 Å².